The van der Waals surface area contributed by atoms with E-state index in [1.165, 1.54) is 0 Å². The largest absolute Gasteiger partial charge is 0.350 e. The Morgan fingerprint density at radius 2 is 0.714 bits per heavy atom. The third-order valence-electron chi connectivity index (χ3n) is 3.55. The number of rotatable bonds is 0. The van der Waals surface area contributed by atoms with E-state index in [0.717, 1.165) is 0 Å². The van der Waals surface area contributed by atoms with Crippen molar-refractivity contribution in [2.45, 2.75) is 77.4 Å². The fourth-order valence-corrected chi connectivity index (χ4v) is 10.1. The van der Waals surface area contributed by atoms with Gasteiger partial charge in [-0.2, -0.15) is 0 Å². The van der Waals surface area contributed by atoms with Crippen LogP contribution in [-0.4, -0.2) is 8.24 Å². The minimum atomic E-state index is -1.85. The molecule has 0 aromatic carbocycles. The second kappa shape index (κ2) is 3.34. The van der Waals surface area contributed by atoms with Gasteiger partial charge >= 0.3 is 0 Å². The average molecular weight is 215 g/mol. The van der Waals surface area contributed by atoms with Crippen LogP contribution in [0.4, 0.5) is 0 Å². The summed E-state index contributed by atoms with van der Waals surface area (Å²) in [7, 11) is -1.85. The first-order valence-corrected chi connectivity index (χ1v) is 7.62. The molecule has 0 saturated carbocycles. The Labute approximate surface area is 91.6 Å². The van der Waals surface area contributed by atoms with Crippen molar-refractivity contribution in [1.82, 2.24) is 0 Å². The molecule has 0 spiro atoms. The first-order valence-electron chi connectivity index (χ1n) is 5.54. The Hall–Kier alpha value is 0.177. The lowest BCUT2D eigenvalue weighted by Gasteiger charge is -2.56. The fourth-order valence-electron chi connectivity index (χ4n) is 3.38. The van der Waals surface area contributed by atoms with Gasteiger partial charge in [0.25, 0.3) is 0 Å². The van der Waals surface area contributed by atoms with Gasteiger partial charge in [-0.25, -0.2) is 0 Å². The van der Waals surface area contributed by atoms with E-state index in [1.807, 2.05) is 0 Å². The molecule has 86 valence electrons. The third kappa shape index (κ3) is 2.06. The summed E-state index contributed by atoms with van der Waals surface area (Å²) in [5, 5.41) is 7.59. The van der Waals surface area contributed by atoms with Crippen LogP contribution in [-0.2, 0) is 0 Å². The molecule has 0 rings (SSSR count). The fraction of sp³-hybridized carbons (Fsp3) is 1.00. The molecule has 0 aliphatic carbocycles. The van der Waals surface area contributed by atoms with E-state index in [-0.39, 0.29) is 15.1 Å². The van der Waals surface area contributed by atoms with Crippen molar-refractivity contribution >= 4 is 8.24 Å². The van der Waals surface area contributed by atoms with Crippen LogP contribution in [0.15, 0.2) is 0 Å². The molecule has 0 aromatic heterocycles. The van der Waals surface area contributed by atoms with E-state index in [0.29, 0.717) is 0 Å². The summed E-state index contributed by atoms with van der Waals surface area (Å²) in [5.41, 5.74) is 0. The second-order valence-corrected chi connectivity index (χ2v) is 13.7. The highest BCUT2D eigenvalue weighted by Crippen LogP contribution is 2.58. The average Bonchev–Trinajstić information content (AvgIpc) is 1.77. The van der Waals surface area contributed by atoms with Gasteiger partial charge in [-0.1, -0.05) is 62.3 Å². The molecule has 0 fully saturated rings. The first-order chi connectivity index (χ1) is 5.75. The second-order valence-electron chi connectivity index (χ2n) is 7.56. The van der Waals surface area contributed by atoms with Crippen LogP contribution < -0.4 is 5.40 Å². The molecule has 0 aliphatic rings. The van der Waals surface area contributed by atoms with Crippen LogP contribution in [0.1, 0.15) is 62.3 Å². The smallest absolute Gasteiger partial charge is 0.139 e. The summed E-state index contributed by atoms with van der Waals surface area (Å²) < 4.78 is 0. The molecule has 0 heterocycles. The summed E-state index contributed by atoms with van der Waals surface area (Å²) in [6.45, 7) is 20.7. The van der Waals surface area contributed by atoms with Gasteiger partial charge in [0, 0.05) is 0 Å². The maximum atomic E-state index is 6.87. The highest BCUT2D eigenvalue weighted by Gasteiger charge is 2.57. The molecule has 2 heteroatoms. The van der Waals surface area contributed by atoms with Gasteiger partial charge in [-0.3, -0.25) is 0 Å². The van der Waals surface area contributed by atoms with Gasteiger partial charge in [-0.05, 0) is 15.1 Å². The Kier molecular flexibility index (Phi) is 3.38. The quantitative estimate of drug-likeness (QED) is 0.599. The van der Waals surface area contributed by atoms with Crippen molar-refractivity contribution in [3.63, 3.8) is 0 Å². The number of hydrogen-bond donors (Lipinski definition) is 1. The summed E-state index contributed by atoms with van der Waals surface area (Å²) in [6, 6.07) is 0. The zero-order valence-corrected chi connectivity index (χ0v) is 12.6. The van der Waals surface area contributed by atoms with Gasteiger partial charge in [-0.15, -0.1) is 0 Å². The standard InChI is InChI=1S/C12H29NSi/c1-10(2,3)14(13,11(4,5)6)12(7,8)9/h13H2,1-9H3. The predicted molar refractivity (Wildman–Crippen MR) is 69.1 cm³/mol. The Bertz CT molecular complexity index is 164. The van der Waals surface area contributed by atoms with Crippen LogP contribution in [0, 0.1) is 0 Å². The van der Waals surface area contributed by atoms with Crippen molar-refractivity contribution in [2.24, 2.45) is 5.40 Å². The van der Waals surface area contributed by atoms with Gasteiger partial charge in [0.2, 0.25) is 0 Å². The van der Waals surface area contributed by atoms with E-state index >= 15 is 0 Å². The van der Waals surface area contributed by atoms with Crippen molar-refractivity contribution in [3.05, 3.63) is 0 Å². The normalized spacial score (nSPS) is 15.9. The molecule has 0 aromatic rings. The van der Waals surface area contributed by atoms with Crippen LogP contribution >= 0.6 is 0 Å². The Morgan fingerprint density at radius 3 is 0.714 bits per heavy atom. The maximum Gasteiger partial charge on any atom is 0.139 e. The molecule has 0 unspecified atom stereocenters. The first kappa shape index (κ1) is 14.2. The summed E-state index contributed by atoms with van der Waals surface area (Å²) >= 11 is 0. The van der Waals surface area contributed by atoms with Crippen LogP contribution in [0.5, 0.6) is 0 Å². The lowest BCUT2D eigenvalue weighted by molar-refractivity contribution is 0.530. The van der Waals surface area contributed by atoms with Crippen LogP contribution in [0.2, 0.25) is 15.1 Å². The zero-order chi connectivity index (χ0) is 12.0. The van der Waals surface area contributed by atoms with Gasteiger partial charge in [0.05, 0.1) is 0 Å². The molecule has 0 aliphatic heterocycles. The van der Waals surface area contributed by atoms with E-state index in [1.54, 1.807) is 0 Å². The van der Waals surface area contributed by atoms with Crippen LogP contribution in [0.25, 0.3) is 0 Å². The Morgan fingerprint density at radius 1 is 0.571 bits per heavy atom. The van der Waals surface area contributed by atoms with Crippen molar-refractivity contribution in [1.29, 1.82) is 0 Å². The molecule has 2 N–H and O–H groups in total. The van der Waals surface area contributed by atoms with Crippen molar-refractivity contribution < 1.29 is 0 Å². The molecule has 0 atom stereocenters. The molecule has 0 amide bonds. The summed E-state index contributed by atoms with van der Waals surface area (Å²) in [5.74, 6) is 0. The molecule has 1 nitrogen and oxygen atoms in total. The number of hydrogen-bond acceptors (Lipinski definition) is 1. The Balaban J connectivity index is 5.54. The zero-order valence-electron chi connectivity index (χ0n) is 11.6. The van der Waals surface area contributed by atoms with Gasteiger partial charge in [0.1, 0.15) is 8.24 Å². The topological polar surface area (TPSA) is 26.0 Å². The van der Waals surface area contributed by atoms with Crippen molar-refractivity contribution in [2.75, 3.05) is 0 Å². The number of nitrogens with two attached hydrogens (primary N) is 1. The third-order valence-corrected chi connectivity index (χ3v) is 10.6. The maximum absolute atomic E-state index is 6.87. The molecule has 0 radical (unpaired) electrons. The summed E-state index contributed by atoms with van der Waals surface area (Å²) in [4.78, 5) is 0. The van der Waals surface area contributed by atoms with E-state index in [4.69, 9.17) is 5.40 Å². The highest BCUT2D eigenvalue weighted by atomic mass is 28.3. The van der Waals surface area contributed by atoms with E-state index in [2.05, 4.69) is 62.3 Å². The molecular weight excluding hydrogens is 186 g/mol. The van der Waals surface area contributed by atoms with Gasteiger partial charge in [0.15, 0.2) is 0 Å². The van der Waals surface area contributed by atoms with Crippen LogP contribution in [0.3, 0.4) is 0 Å². The van der Waals surface area contributed by atoms with Gasteiger partial charge < -0.3 is 5.40 Å². The lowest BCUT2D eigenvalue weighted by Crippen LogP contribution is -2.66. The summed E-state index contributed by atoms with van der Waals surface area (Å²) in [6.07, 6.45) is 0. The van der Waals surface area contributed by atoms with Crippen molar-refractivity contribution in [3.8, 4) is 0 Å². The molecule has 0 bridgehead atoms. The molecule has 14 heavy (non-hydrogen) atoms. The SMILES string of the molecule is CC(C)(C)[Si](N)(C(C)(C)C)C(C)(C)C. The predicted octanol–water partition coefficient (Wildman–Crippen LogP) is 4.29. The highest BCUT2D eigenvalue weighted by molar-refractivity contribution is 6.84. The minimum Gasteiger partial charge on any atom is -0.350 e. The molecule has 0 saturated heterocycles. The monoisotopic (exact) mass is 215 g/mol. The van der Waals surface area contributed by atoms with E-state index in [9.17, 15) is 0 Å². The van der Waals surface area contributed by atoms with E-state index < -0.39 is 8.24 Å². The lowest BCUT2D eigenvalue weighted by atomic mass is 10.2. The minimum absolute atomic E-state index is 0.240. The molecular formula is C12H29NSi.